The molecular formula is C11H23NO4. The summed E-state index contributed by atoms with van der Waals surface area (Å²) >= 11 is 0. The number of aliphatic hydroxyl groups is 1. The summed E-state index contributed by atoms with van der Waals surface area (Å²) in [5.74, 6) is 0. The molecule has 0 heterocycles. The second-order valence-electron chi connectivity index (χ2n) is 4.66. The molecule has 96 valence electrons. The molecular weight excluding hydrogens is 210 g/mol. The van der Waals surface area contributed by atoms with Crippen molar-refractivity contribution < 1.29 is 19.4 Å². The van der Waals surface area contributed by atoms with Crippen molar-refractivity contribution in [3.63, 3.8) is 0 Å². The number of alkyl carbamates (subject to hydrolysis) is 1. The third kappa shape index (κ3) is 8.49. The Bertz CT molecular complexity index is 201. The van der Waals surface area contributed by atoms with Gasteiger partial charge in [0, 0.05) is 13.7 Å². The molecule has 5 nitrogen and oxygen atoms in total. The molecule has 0 aromatic heterocycles. The van der Waals surface area contributed by atoms with Crippen LogP contribution in [0, 0.1) is 0 Å². The molecule has 0 bridgehead atoms. The fraction of sp³-hybridized carbons (Fsp3) is 0.909. The lowest BCUT2D eigenvalue weighted by atomic mass is 10.2. The minimum absolute atomic E-state index is 0.107. The van der Waals surface area contributed by atoms with Gasteiger partial charge in [0.05, 0.1) is 12.6 Å². The van der Waals surface area contributed by atoms with Crippen molar-refractivity contribution in [2.24, 2.45) is 0 Å². The first-order valence-electron chi connectivity index (χ1n) is 5.48. The molecule has 1 amide bonds. The fourth-order valence-corrected chi connectivity index (χ4v) is 1.21. The van der Waals surface area contributed by atoms with Gasteiger partial charge in [0.2, 0.25) is 0 Å². The minimum atomic E-state index is -0.501. The van der Waals surface area contributed by atoms with Crippen LogP contribution in [0.5, 0.6) is 0 Å². The van der Waals surface area contributed by atoms with Crippen LogP contribution in [0.3, 0.4) is 0 Å². The van der Waals surface area contributed by atoms with E-state index in [-0.39, 0.29) is 12.6 Å². The van der Waals surface area contributed by atoms with Crippen LogP contribution in [0.2, 0.25) is 0 Å². The monoisotopic (exact) mass is 233 g/mol. The number of hydrogen-bond acceptors (Lipinski definition) is 4. The van der Waals surface area contributed by atoms with Gasteiger partial charge in [0.25, 0.3) is 0 Å². The predicted molar refractivity (Wildman–Crippen MR) is 61.4 cm³/mol. The van der Waals surface area contributed by atoms with Crippen molar-refractivity contribution in [3.8, 4) is 0 Å². The van der Waals surface area contributed by atoms with Gasteiger partial charge in [-0.1, -0.05) is 0 Å². The first kappa shape index (κ1) is 15.2. The van der Waals surface area contributed by atoms with Gasteiger partial charge >= 0.3 is 6.09 Å². The van der Waals surface area contributed by atoms with E-state index >= 15 is 0 Å². The number of carbonyl (C=O) groups excluding carboxylic acids is 1. The second-order valence-corrected chi connectivity index (χ2v) is 4.66. The Balaban J connectivity index is 4.02. The van der Waals surface area contributed by atoms with Crippen molar-refractivity contribution >= 4 is 6.09 Å². The van der Waals surface area contributed by atoms with Gasteiger partial charge in [-0.2, -0.15) is 0 Å². The lowest BCUT2D eigenvalue weighted by Crippen LogP contribution is -2.41. The highest BCUT2D eigenvalue weighted by Gasteiger charge is 2.19. The Morgan fingerprint density at radius 1 is 1.44 bits per heavy atom. The Morgan fingerprint density at radius 3 is 2.50 bits per heavy atom. The zero-order valence-electron chi connectivity index (χ0n) is 10.6. The second kappa shape index (κ2) is 7.46. The standard InChI is InChI=1S/C11H23NO4/c1-11(2,3)16-10(14)12-9(8-15-4)6-5-7-13/h9,13H,5-8H2,1-4H3,(H,12,14). The molecule has 2 N–H and O–H groups in total. The molecule has 0 aliphatic heterocycles. The zero-order valence-corrected chi connectivity index (χ0v) is 10.6. The maximum Gasteiger partial charge on any atom is 0.407 e. The molecule has 0 saturated carbocycles. The summed E-state index contributed by atoms with van der Waals surface area (Å²) in [6.07, 6.45) is 0.848. The molecule has 0 rings (SSSR count). The SMILES string of the molecule is COCC(CCCO)NC(=O)OC(C)(C)C. The Morgan fingerprint density at radius 2 is 2.06 bits per heavy atom. The van der Waals surface area contributed by atoms with E-state index in [0.717, 1.165) is 0 Å². The van der Waals surface area contributed by atoms with Gasteiger partial charge in [0.15, 0.2) is 0 Å². The van der Waals surface area contributed by atoms with Crippen molar-refractivity contribution in [1.82, 2.24) is 5.32 Å². The Labute approximate surface area is 97.1 Å². The first-order chi connectivity index (χ1) is 7.39. The van der Waals surface area contributed by atoms with Crippen LogP contribution in [-0.4, -0.2) is 43.2 Å². The molecule has 0 fully saturated rings. The number of carbonyl (C=O) groups is 1. The van der Waals surface area contributed by atoms with Gasteiger partial charge in [0.1, 0.15) is 5.60 Å². The van der Waals surface area contributed by atoms with Gasteiger partial charge in [-0.05, 0) is 33.6 Å². The normalized spacial score (nSPS) is 13.3. The largest absolute Gasteiger partial charge is 0.444 e. The molecule has 16 heavy (non-hydrogen) atoms. The summed E-state index contributed by atoms with van der Waals surface area (Å²) in [6.45, 7) is 5.96. The summed E-state index contributed by atoms with van der Waals surface area (Å²) in [4.78, 5) is 11.5. The third-order valence-electron chi connectivity index (χ3n) is 1.80. The number of aliphatic hydroxyl groups excluding tert-OH is 1. The molecule has 0 spiro atoms. The molecule has 0 aliphatic carbocycles. The highest BCUT2D eigenvalue weighted by Crippen LogP contribution is 2.07. The number of nitrogens with one attached hydrogen (secondary N) is 1. The van der Waals surface area contributed by atoms with Crippen LogP contribution < -0.4 is 5.32 Å². The molecule has 0 saturated heterocycles. The Kier molecular flexibility index (Phi) is 7.08. The highest BCUT2D eigenvalue weighted by atomic mass is 16.6. The number of rotatable bonds is 6. The van der Waals surface area contributed by atoms with Crippen molar-refractivity contribution in [2.75, 3.05) is 20.3 Å². The molecule has 1 atom stereocenters. The topological polar surface area (TPSA) is 67.8 Å². The molecule has 0 aliphatic rings. The van der Waals surface area contributed by atoms with E-state index in [1.54, 1.807) is 7.11 Å². The maximum absolute atomic E-state index is 11.5. The van der Waals surface area contributed by atoms with Crippen LogP contribution in [-0.2, 0) is 9.47 Å². The smallest absolute Gasteiger partial charge is 0.407 e. The van der Waals surface area contributed by atoms with Gasteiger partial charge in [-0.25, -0.2) is 4.79 Å². The molecule has 0 aromatic carbocycles. The number of amides is 1. The van der Waals surface area contributed by atoms with Crippen LogP contribution in [0.25, 0.3) is 0 Å². The van der Waals surface area contributed by atoms with E-state index in [0.29, 0.717) is 19.4 Å². The number of methoxy groups -OCH3 is 1. The van der Waals surface area contributed by atoms with Crippen LogP contribution in [0.4, 0.5) is 4.79 Å². The molecule has 0 radical (unpaired) electrons. The Hall–Kier alpha value is -0.810. The summed E-state index contributed by atoms with van der Waals surface area (Å²) < 4.78 is 10.1. The lowest BCUT2D eigenvalue weighted by Gasteiger charge is -2.23. The molecule has 1 unspecified atom stereocenters. The van der Waals surface area contributed by atoms with Gasteiger partial charge in [-0.3, -0.25) is 0 Å². The van der Waals surface area contributed by atoms with Gasteiger partial charge in [-0.15, -0.1) is 0 Å². The van der Waals surface area contributed by atoms with Crippen molar-refractivity contribution in [2.45, 2.75) is 45.3 Å². The minimum Gasteiger partial charge on any atom is -0.444 e. The number of ether oxygens (including phenoxy) is 2. The quantitative estimate of drug-likeness (QED) is 0.725. The highest BCUT2D eigenvalue weighted by molar-refractivity contribution is 5.68. The lowest BCUT2D eigenvalue weighted by molar-refractivity contribution is 0.0460. The van der Waals surface area contributed by atoms with Crippen LogP contribution >= 0.6 is 0 Å². The predicted octanol–water partition coefficient (Wildman–Crippen LogP) is 1.30. The summed E-state index contributed by atoms with van der Waals surface area (Å²) in [5, 5.41) is 11.4. The summed E-state index contributed by atoms with van der Waals surface area (Å²) in [7, 11) is 1.57. The van der Waals surface area contributed by atoms with E-state index in [9.17, 15) is 4.79 Å². The van der Waals surface area contributed by atoms with Crippen molar-refractivity contribution in [3.05, 3.63) is 0 Å². The van der Waals surface area contributed by atoms with E-state index in [2.05, 4.69) is 5.32 Å². The van der Waals surface area contributed by atoms with Crippen molar-refractivity contribution in [1.29, 1.82) is 0 Å². The van der Waals surface area contributed by atoms with E-state index in [4.69, 9.17) is 14.6 Å². The first-order valence-corrected chi connectivity index (χ1v) is 5.48. The zero-order chi connectivity index (χ0) is 12.6. The van der Waals surface area contributed by atoms with E-state index in [1.807, 2.05) is 20.8 Å². The van der Waals surface area contributed by atoms with Crippen LogP contribution in [0.15, 0.2) is 0 Å². The summed E-state index contributed by atoms with van der Waals surface area (Å²) in [5.41, 5.74) is -0.501. The molecule has 5 heteroatoms. The summed E-state index contributed by atoms with van der Waals surface area (Å²) in [6, 6.07) is -0.119. The molecule has 0 aromatic rings. The van der Waals surface area contributed by atoms with E-state index < -0.39 is 11.7 Å². The van der Waals surface area contributed by atoms with Crippen LogP contribution in [0.1, 0.15) is 33.6 Å². The third-order valence-corrected chi connectivity index (χ3v) is 1.80. The maximum atomic E-state index is 11.5. The fourth-order valence-electron chi connectivity index (χ4n) is 1.21. The number of hydrogen-bond donors (Lipinski definition) is 2. The van der Waals surface area contributed by atoms with Gasteiger partial charge < -0.3 is 19.9 Å². The average Bonchev–Trinajstić information content (AvgIpc) is 2.11. The van der Waals surface area contributed by atoms with E-state index in [1.165, 1.54) is 0 Å². The average molecular weight is 233 g/mol.